The minimum atomic E-state index is -0.210. The van der Waals surface area contributed by atoms with E-state index in [0.717, 1.165) is 102 Å². The van der Waals surface area contributed by atoms with Gasteiger partial charge in [-0.3, -0.25) is 9.89 Å². The maximum absolute atomic E-state index is 12.4. The first-order valence-electron chi connectivity index (χ1n) is 37.1. The lowest BCUT2D eigenvalue weighted by Gasteiger charge is -2.20. The molecule has 566 valence electrons. The van der Waals surface area contributed by atoms with E-state index in [1.165, 1.54) is 10.4 Å². The lowest BCUT2D eigenvalue weighted by atomic mass is 10.1. The molecule has 0 spiro atoms. The number of aromatic hydroxyl groups is 3. The second-order valence-corrected chi connectivity index (χ2v) is 25.7. The van der Waals surface area contributed by atoms with Crippen LogP contribution in [-0.4, -0.2) is 38.2 Å². The molecule has 0 aliphatic rings. The third kappa shape index (κ3) is 22.1. The molecule has 0 fully saturated rings. The maximum atomic E-state index is 12.4. The van der Waals surface area contributed by atoms with Gasteiger partial charge in [0.25, 0.3) is 5.56 Å². The molecule has 16 aromatic rings. The van der Waals surface area contributed by atoms with Gasteiger partial charge in [-0.1, -0.05) is 200 Å². The van der Waals surface area contributed by atoms with E-state index in [4.69, 9.17) is 0 Å². The summed E-state index contributed by atoms with van der Waals surface area (Å²) in [7, 11) is 0. The van der Waals surface area contributed by atoms with Crippen molar-refractivity contribution in [1.82, 2.24) is 9.78 Å². The molecule has 21 heteroatoms. The summed E-state index contributed by atoms with van der Waals surface area (Å²) >= 11 is 0. The average molecular weight is 1510 g/mol. The smallest absolute Gasteiger partial charge is 0.299 e. The highest BCUT2D eigenvalue weighted by molar-refractivity contribution is 5.97. The van der Waals surface area contributed by atoms with E-state index in [2.05, 4.69) is 108 Å². The fourth-order valence-electron chi connectivity index (χ4n) is 11.6. The Labute approximate surface area is 665 Å². The van der Waals surface area contributed by atoms with Gasteiger partial charge in [-0.15, -0.1) is 20.5 Å². The molecule has 0 atom stereocenters. The molecular formula is C94H81N17O4. The zero-order chi connectivity index (χ0) is 79.9. The van der Waals surface area contributed by atoms with E-state index in [1.54, 1.807) is 25.1 Å². The predicted molar refractivity (Wildman–Crippen MR) is 462 cm³/mol. The Bertz CT molecular complexity index is 6160. The highest BCUT2D eigenvalue weighted by Crippen LogP contribution is 2.40. The number of para-hydroxylation sites is 1. The molecule has 0 radical (unpaired) electrons. The fourth-order valence-corrected chi connectivity index (χ4v) is 11.6. The number of azo groups is 7. The van der Waals surface area contributed by atoms with Gasteiger partial charge in [0.05, 0.1) is 68.3 Å². The minimum Gasteiger partial charge on any atom is -0.506 e. The van der Waals surface area contributed by atoms with E-state index in [1.807, 2.05) is 335 Å². The Morgan fingerprint density at radius 3 is 0.991 bits per heavy atom. The Morgan fingerprint density at radius 1 is 0.287 bits per heavy atom. The summed E-state index contributed by atoms with van der Waals surface area (Å²) < 4.78 is 1.47. The molecule has 4 N–H and O–H groups in total. The number of phenols is 3. The van der Waals surface area contributed by atoms with E-state index >= 15 is 0 Å². The molecule has 16 rings (SSSR count). The molecule has 0 saturated heterocycles. The topological polar surface area (TPSA) is 275 Å². The minimum absolute atomic E-state index is 0.103. The van der Waals surface area contributed by atoms with E-state index in [0.29, 0.717) is 45.5 Å². The number of benzene rings is 15. The Kier molecular flexibility index (Phi) is 27.7. The molecule has 15 aromatic carbocycles. The first kappa shape index (κ1) is 79.1. The summed E-state index contributed by atoms with van der Waals surface area (Å²) in [5.74, 6) is 0.345. The standard InChI is InChI=1S/C24H20N4O.C22H16N4O.C16H14N4O.C16H19N3.C16H12N2O/c1-16-7-3-6-10-21(16)26-25-19-12-13-22(17(2)15-19)27-28-24-20-9-5-4-8-18(20)11-14-23(24)29;27-21-15-10-16-6-4-5-9-20(16)22(21)26-25-19-13-11-18(12-14-19)24-23-17-7-2-1-3-8-17;1-12-15(18-17-13-8-4-2-5-9-13)16(21)20(19-12)14-10-6-3-7-11-14;1-3-19(4-2)16-12-10-15(11-13-16)18-17-14-8-6-5-7-9-14;19-15-11-10-12-6-4-5-9-14(12)16(15)18-17-13-7-2-1-3-8-13/h3-15,29H,1-2H3;1-15,27H;2-11,19H,1H3;5-13H,3-4H2,1-2H3;1-11,19H. The molecule has 1 heterocycles. The van der Waals surface area contributed by atoms with E-state index in [-0.39, 0.29) is 22.8 Å². The highest BCUT2D eigenvalue weighted by atomic mass is 16.3. The number of nitrogens with one attached hydrogen (secondary N) is 1. The maximum Gasteiger partial charge on any atom is 0.299 e. The van der Waals surface area contributed by atoms with Gasteiger partial charge in [0.1, 0.15) is 34.3 Å². The second-order valence-electron chi connectivity index (χ2n) is 25.7. The number of aryl methyl sites for hydroxylation is 3. The van der Waals surface area contributed by atoms with Crippen molar-refractivity contribution in [3.8, 4) is 22.9 Å². The first-order valence-corrected chi connectivity index (χ1v) is 37.1. The number of aromatic amines is 1. The number of nitrogens with zero attached hydrogens (tertiary/aromatic N) is 16. The molecule has 0 amide bonds. The average Bonchev–Trinajstić information content (AvgIpc) is 1.80. The zero-order valence-corrected chi connectivity index (χ0v) is 63.8. The van der Waals surface area contributed by atoms with Crippen LogP contribution in [0.2, 0.25) is 0 Å². The number of H-pyrrole nitrogens is 1. The molecule has 0 aliphatic heterocycles. The van der Waals surface area contributed by atoms with Gasteiger partial charge in [-0.05, 0) is 214 Å². The predicted octanol–water partition coefficient (Wildman–Crippen LogP) is 29.2. The van der Waals surface area contributed by atoms with Crippen molar-refractivity contribution in [3.63, 3.8) is 0 Å². The Balaban J connectivity index is 0.000000134. The van der Waals surface area contributed by atoms with Crippen molar-refractivity contribution in [2.45, 2.75) is 34.6 Å². The monoisotopic (exact) mass is 1510 g/mol. The van der Waals surface area contributed by atoms with Gasteiger partial charge in [0.15, 0.2) is 5.69 Å². The van der Waals surface area contributed by atoms with Crippen molar-refractivity contribution in [2.75, 3.05) is 18.0 Å². The number of fused-ring (bicyclic) bond motifs is 3. The van der Waals surface area contributed by atoms with Crippen LogP contribution in [0.15, 0.2) is 428 Å². The van der Waals surface area contributed by atoms with Crippen LogP contribution >= 0.6 is 0 Å². The van der Waals surface area contributed by atoms with Crippen molar-refractivity contribution in [1.29, 1.82) is 0 Å². The molecule has 115 heavy (non-hydrogen) atoms. The number of hydrogen-bond acceptors (Lipinski definition) is 19. The normalized spacial score (nSPS) is 11.3. The number of hydrogen-bond donors (Lipinski definition) is 4. The molecule has 0 aliphatic carbocycles. The van der Waals surface area contributed by atoms with Crippen LogP contribution in [-0.2, 0) is 0 Å². The SMILES string of the molecule is CCN(CC)c1ccc(N=Nc2ccccc2)cc1.Cc1[nH]n(-c2ccccc2)c(=O)c1N=Nc1ccccc1.Cc1ccccc1N=Nc1ccc(N=Nc2c(O)ccc3ccccc23)c(C)c1.Oc1ccc2ccccc2c1N=Nc1ccc(N=Nc2ccccc2)cc1.Oc1ccc2ccccc2c1N=Nc1ccccc1. The van der Waals surface area contributed by atoms with Crippen LogP contribution in [0.1, 0.15) is 30.7 Å². The Hall–Kier alpha value is -15.5. The molecule has 1 aromatic heterocycles. The van der Waals surface area contributed by atoms with Gasteiger partial charge in [0, 0.05) is 34.9 Å². The molecule has 0 bridgehead atoms. The van der Waals surface area contributed by atoms with Gasteiger partial charge >= 0.3 is 0 Å². The summed E-state index contributed by atoms with van der Waals surface area (Å²) in [4.78, 5) is 14.7. The van der Waals surface area contributed by atoms with Crippen molar-refractivity contribution < 1.29 is 15.3 Å². The van der Waals surface area contributed by atoms with Crippen LogP contribution in [0, 0.1) is 20.8 Å². The van der Waals surface area contributed by atoms with E-state index < -0.39 is 0 Å². The van der Waals surface area contributed by atoms with Gasteiger partial charge in [0.2, 0.25) is 0 Å². The molecule has 0 saturated carbocycles. The summed E-state index contributed by atoms with van der Waals surface area (Å²) in [6, 6.07) is 110. The van der Waals surface area contributed by atoms with Gasteiger partial charge in [-0.25, -0.2) is 4.68 Å². The third-order valence-electron chi connectivity index (χ3n) is 17.7. The molecule has 21 nitrogen and oxygen atoms in total. The van der Waals surface area contributed by atoms with Crippen LogP contribution < -0.4 is 10.5 Å². The van der Waals surface area contributed by atoms with Crippen LogP contribution in [0.4, 0.5) is 85.3 Å². The van der Waals surface area contributed by atoms with Crippen LogP contribution in [0.5, 0.6) is 17.2 Å². The Morgan fingerprint density at radius 2 is 0.591 bits per heavy atom. The first-order chi connectivity index (χ1) is 56.3. The quantitative estimate of drug-likeness (QED) is 0.0608. The number of aromatic nitrogens is 2. The van der Waals surface area contributed by atoms with E-state index in [9.17, 15) is 20.1 Å². The van der Waals surface area contributed by atoms with Crippen LogP contribution in [0.3, 0.4) is 0 Å². The van der Waals surface area contributed by atoms with Crippen molar-refractivity contribution >= 4 is 118 Å². The third-order valence-corrected chi connectivity index (χ3v) is 17.7. The lowest BCUT2D eigenvalue weighted by Crippen LogP contribution is -2.21. The summed E-state index contributed by atoms with van der Waals surface area (Å²) in [5.41, 5.74) is 13.9. The van der Waals surface area contributed by atoms with Gasteiger partial charge in [-0.2, -0.15) is 51.1 Å². The second kappa shape index (κ2) is 40.3. The van der Waals surface area contributed by atoms with Crippen molar-refractivity contribution in [2.24, 2.45) is 71.6 Å². The molecule has 0 unspecified atom stereocenters. The number of anilines is 1. The van der Waals surface area contributed by atoms with Gasteiger partial charge < -0.3 is 20.2 Å². The number of phenolic OH excluding ortho intramolecular Hbond substituents is 3. The highest BCUT2D eigenvalue weighted by Gasteiger charge is 2.14. The lowest BCUT2D eigenvalue weighted by molar-refractivity contribution is 0.476. The largest absolute Gasteiger partial charge is 0.506 e. The summed E-state index contributed by atoms with van der Waals surface area (Å²) in [5, 5.41) is 98.1. The zero-order valence-electron chi connectivity index (χ0n) is 63.8. The number of rotatable bonds is 18. The van der Waals surface area contributed by atoms with Crippen LogP contribution in [0.25, 0.3) is 38.0 Å². The van der Waals surface area contributed by atoms with Crippen molar-refractivity contribution in [3.05, 3.63) is 379 Å². The molecular weight excluding hydrogens is 1430 g/mol. The summed E-state index contributed by atoms with van der Waals surface area (Å²) in [6.07, 6.45) is 0. The summed E-state index contributed by atoms with van der Waals surface area (Å²) in [6.45, 7) is 12.1. The fraction of sp³-hybridized carbons (Fsp3) is 0.0745.